The number of methoxy groups -OCH3 is 1. The SMILES string of the molecule is C#CCN(C(=O)NCc1ccccc1)N1CC(=O)N2[C@@H](Cc3ccc(OCC(=O)OC)cc3)C(=O)N(Cc3cccc4sc(N)nc34)C[C@@H]21. The normalized spacial score (nSPS) is 17.5. The smallest absolute Gasteiger partial charge is 0.343 e. The molecule has 0 saturated carbocycles. The van der Waals surface area contributed by atoms with Crippen molar-refractivity contribution >= 4 is 50.5 Å². The highest BCUT2D eigenvalue weighted by atomic mass is 32.1. The quantitative estimate of drug-likeness (QED) is 0.180. The van der Waals surface area contributed by atoms with E-state index in [1.807, 2.05) is 48.5 Å². The molecular formula is C35H35N7O6S. The van der Waals surface area contributed by atoms with Crippen LogP contribution in [0.5, 0.6) is 5.75 Å². The average Bonchev–Trinajstić information content (AvgIpc) is 3.66. The van der Waals surface area contributed by atoms with Crippen LogP contribution >= 0.6 is 11.3 Å². The van der Waals surface area contributed by atoms with E-state index in [2.05, 4.69) is 21.0 Å². The van der Waals surface area contributed by atoms with Crippen molar-refractivity contribution in [2.75, 3.05) is 39.1 Å². The number of hydrazine groups is 1. The van der Waals surface area contributed by atoms with E-state index in [0.717, 1.165) is 21.4 Å². The number of nitrogens with zero attached hydrogens (tertiary/aromatic N) is 5. The Hall–Kier alpha value is -5.65. The van der Waals surface area contributed by atoms with Crippen molar-refractivity contribution in [1.29, 1.82) is 0 Å². The molecule has 1 aromatic heterocycles. The third kappa shape index (κ3) is 7.28. The minimum atomic E-state index is -0.877. The van der Waals surface area contributed by atoms with Crippen molar-refractivity contribution in [3.05, 3.63) is 89.5 Å². The molecule has 2 saturated heterocycles. The van der Waals surface area contributed by atoms with Crippen molar-refractivity contribution in [2.45, 2.75) is 31.7 Å². The summed E-state index contributed by atoms with van der Waals surface area (Å²) < 4.78 is 11.0. The maximum absolute atomic E-state index is 14.3. The van der Waals surface area contributed by atoms with Gasteiger partial charge in [-0.15, -0.1) is 6.42 Å². The van der Waals surface area contributed by atoms with E-state index >= 15 is 0 Å². The van der Waals surface area contributed by atoms with Gasteiger partial charge in [-0.25, -0.2) is 19.6 Å². The zero-order valence-electron chi connectivity index (χ0n) is 26.8. The lowest BCUT2D eigenvalue weighted by molar-refractivity contribution is -0.157. The first-order chi connectivity index (χ1) is 23.7. The maximum atomic E-state index is 14.3. The standard InChI is InChI=1S/C35H35N7O6S/c1-3-16-40(35(46)37-18-24-8-5-4-6-9-24)41-21-30(43)42-27(17-23-12-14-26(15-13-23)48-22-31(44)47-2)33(45)39(20-29(41)42)19-25-10-7-11-28-32(25)38-34(36)49-28/h1,4-15,27,29H,16-22H2,2H3,(H2,36,38)(H,37,46)/t27-,29+/m0/s1. The largest absolute Gasteiger partial charge is 0.482 e. The molecule has 0 unspecified atom stereocenters. The van der Waals surface area contributed by atoms with Gasteiger partial charge in [-0.3, -0.25) is 9.59 Å². The fourth-order valence-electron chi connectivity index (χ4n) is 6.12. The number of thiazole rings is 1. The number of hydrogen-bond donors (Lipinski definition) is 2. The first-order valence-electron chi connectivity index (χ1n) is 15.6. The minimum Gasteiger partial charge on any atom is -0.482 e. The van der Waals surface area contributed by atoms with Gasteiger partial charge >= 0.3 is 12.0 Å². The molecule has 4 aromatic rings. The monoisotopic (exact) mass is 681 g/mol. The molecular weight excluding hydrogens is 646 g/mol. The van der Waals surface area contributed by atoms with Crippen LogP contribution in [0, 0.1) is 12.3 Å². The van der Waals surface area contributed by atoms with Crippen molar-refractivity contribution in [1.82, 2.24) is 30.1 Å². The predicted octanol–water partition coefficient (Wildman–Crippen LogP) is 2.61. The van der Waals surface area contributed by atoms with Crippen LogP contribution in [0.3, 0.4) is 0 Å². The molecule has 14 heteroatoms. The number of aromatic nitrogens is 1. The number of nitrogens with two attached hydrogens (primary N) is 1. The Balaban J connectivity index is 1.29. The molecule has 3 heterocycles. The van der Waals surface area contributed by atoms with E-state index < -0.39 is 24.2 Å². The fourth-order valence-corrected chi connectivity index (χ4v) is 6.91. The van der Waals surface area contributed by atoms with E-state index in [9.17, 15) is 19.2 Å². The van der Waals surface area contributed by atoms with Crippen LogP contribution in [0.4, 0.5) is 9.93 Å². The first kappa shape index (κ1) is 33.3. The summed E-state index contributed by atoms with van der Waals surface area (Å²) in [5.41, 5.74) is 9.23. The van der Waals surface area contributed by atoms with E-state index in [0.29, 0.717) is 16.4 Å². The number of rotatable bonds is 11. The van der Waals surface area contributed by atoms with E-state index in [-0.39, 0.29) is 57.6 Å². The summed E-state index contributed by atoms with van der Waals surface area (Å²) in [4.78, 5) is 60.9. The van der Waals surface area contributed by atoms with Crippen LogP contribution in [0.15, 0.2) is 72.8 Å². The summed E-state index contributed by atoms with van der Waals surface area (Å²) in [6.45, 7) is 0.158. The third-order valence-corrected chi connectivity index (χ3v) is 9.31. The molecule has 252 valence electrons. The van der Waals surface area contributed by atoms with Gasteiger partial charge in [0.15, 0.2) is 11.7 Å². The number of carbonyl (C=O) groups excluding carboxylic acids is 4. The van der Waals surface area contributed by atoms with Crippen LogP contribution in [-0.2, 0) is 38.6 Å². The molecule has 2 atom stereocenters. The van der Waals surface area contributed by atoms with Gasteiger partial charge in [0.25, 0.3) is 0 Å². The lowest BCUT2D eigenvalue weighted by Crippen LogP contribution is -2.66. The van der Waals surface area contributed by atoms with Crippen LogP contribution in [-0.4, -0.2) is 94.2 Å². The van der Waals surface area contributed by atoms with Crippen LogP contribution in [0.2, 0.25) is 0 Å². The highest BCUT2D eigenvalue weighted by molar-refractivity contribution is 7.22. The highest BCUT2D eigenvalue weighted by Crippen LogP contribution is 2.32. The summed E-state index contributed by atoms with van der Waals surface area (Å²) in [7, 11) is 1.28. The Kier molecular flexibility index (Phi) is 9.93. The van der Waals surface area contributed by atoms with Gasteiger partial charge in [0.2, 0.25) is 11.8 Å². The number of ether oxygens (including phenoxy) is 2. The van der Waals surface area contributed by atoms with Crippen molar-refractivity contribution in [3.63, 3.8) is 0 Å². The second-order valence-corrected chi connectivity index (χ2v) is 12.6. The van der Waals surface area contributed by atoms with E-state index in [4.69, 9.17) is 16.9 Å². The number of nitrogens with one attached hydrogen (secondary N) is 1. The topological polar surface area (TPSA) is 151 Å². The zero-order chi connectivity index (χ0) is 34.5. The number of carbonyl (C=O) groups is 4. The van der Waals surface area contributed by atoms with Gasteiger partial charge in [-0.05, 0) is 34.9 Å². The Bertz CT molecular complexity index is 1890. The predicted molar refractivity (Wildman–Crippen MR) is 182 cm³/mol. The third-order valence-electron chi connectivity index (χ3n) is 8.46. The maximum Gasteiger partial charge on any atom is 0.343 e. The van der Waals surface area contributed by atoms with Gasteiger partial charge < -0.3 is 30.3 Å². The molecule has 0 spiro atoms. The van der Waals surface area contributed by atoms with Gasteiger partial charge in [-0.1, -0.05) is 71.9 Å². The number of nitrogen functional groups attached to an aromatic ring is 1. The number of amides is 4. The first-order valence-corrected chi connectivity index (χ1v) is 16.4. The molecule has 0 radical (unpaired) electrons. The molecule has 3 N–H and O–H groups in total. The minimum absolute atomic E-state index is 0.0820. The van der Waals surface area contributed by atoms with Crippen LogP contribution in [0.25, 0.3) is 10.2 Å². The summed E-state index contributed by atoms with van der Waals surface area (Å²) in [5, 5.41) is 6.36. The van der Waals surface area contributed by atoms with Gasteiger partial charge in [0, 0.05) is 19.5 Å². The Morgan fingerprint density at radius 3 is 2.59 bits per heavy atom. The Morgan fingerprint density at radius 2 is 1.86 bits per heavy atom. The number of terminal acetylenes is 1. The molecule has 49 heavy (non-hydrogen) atoms. The number of benzene rings is 3. The average molecular weight is 682 g/mol. The number of hydrogen-bond acceptors (Lipinski definition) is 10. The summed E-state index contributed by atoms with van der Waals surface area (Å²) in [5.74, 6) is 1.95. The lowest BCUT2D eigenvalue weighted by Gasteiger charge is -2.46. The fraction of sp³-hybridized carbons (Fsp3) is 0.286. The molecule has 6 rings (SSSR count). The Morgan fingerprint density at radius 1 is 1.08 bits per heavy atom. The molecule has 13 nitrogen and oxygen atoms in total. The molecule has 3 aromatic carbocycles. The second kappa shape index (κ2) is 14.6. The number of fused-ring (bicyclic) bond motifs is 2. The second-order valence-electron chi connectivity index (χ2n) is 11.5. The van der Waals surface area contributed by atoms with E-state index in [1.54, 1.807) is 39.1 Å². The van der Waals surface area contributed by atoms with Crippen molar-refractivity contribution < 1.29 is 28.7 Å². The lowest BCUT2D eigenvalue weighted by atomic mass is 9.99. The van der Waals surface area contributed by atoms with Crippen LogP contribution in [0.1, 0.15) is 16.7 Å². The number of piperazine rings is 1. The summed E-state index contributed by atoms with van der Waals surface area (Å²) >= 11 is 1.37. The van der Waals surface area contributed by atoms with Crippen molar-refractivity contribution in [3.8, 4) is 18.1 Å². The van der Waals surface area contributed by atoms with E-state index in [1.165, 1.54) is 23.5 Å². The summed E-state index contributed by atoms with van der Waals surface area (Å²) in [6.07, 6.45) is 5.25. The van der Waals surface area contributed by atoms with Crippen molar-refractivity contribution in [2.24, 2.45) is 0 Å². The molecule has 2 aliphatic heterocycles. The molecule has 0 bridgehead atoms. The van der Waals surface area contributed by atoms with Gasteiger partial charge in [-0.2, -0.15) is 5.01 Å². The number of anilines is 1. The molecule has 2 fully saturated rings. The number of urea groups is 1. The molecule has 2 aliphatic rings. The number of para-hydroxylation sites is 1. The number of esters is 1. The summed E-state index contributed by atoms with van der Waals surface area (Å²) in [6, 6.07) is 20.8. The molecule has 4 amide bonds. The van der Waals surface area contributed by atoms with Gasteiger partial charge in [0.05, 0.1) is 37.0 Å². The highest BCUT2D eigenvalue weighted by Gasteiger charge is 2.52. The molecule has 0 aliphatic carbocycles. The van der Waals surface area contributed by atoms with Gasteiger partial charge in [0.1, 0.15) is 18.0 Å². The Labute approximate surface area is 287 Å². The van der Waals surface area contributed by atoms with Crippen LogP contribution < -0.4 is 15.8 Å². The zero-order valence-corrected chi connectivity index (χ0v) is 27.6.